The van der Waals surface area contributed by atoms with Crippen LogP contribution in [0.25, 0.3) is 0 Å². The summed E-state index contributed by atoms with van der Waals surface area (Å²) in [5, 5.41) is 19.4. The minimum absolute atomic E-state index is 0.329. The van der Waals surface area contributed by atoms with Crippen molar-refractivity contribution < 1.29 is 29.2 Å². The fourth-order valence-corrected chi connectivity index (χ4v) is 1.89. The molecular weight excluding hydrogens is 205 g/mol. The van der Waals surface area contributed by atoms with Crippen molar-refractivity contribution in [1.29, 1.82) is 0 Å². The second-order valence-electron chi connectivity index (χ2n) is 3.76. The molecule has 0 aromatic rings. The Hall–Kier alpha value is -0.240. The molecule has 15 heavy (non-hydrogen) atoms. The monoisotopic (exact) mass is 221 g/mol. The van der Waals surface area contributed by atoms with Crippen LogP contribution in [0, 0.1) is 0 Å². The first-order chi connectivity index (χ1) is 7.13. The maximum atomic E-state index is 9.80. The van der Waals surface area contributed by atoms with E-state index in [1.807, 2.05) is 0 Å². The van der Waals surface area contributed by atoms with Gasteiger partial charge in [0.05, 0.1) is 6.61 Å². The van der Waals surface area contributed by atoms with Crippen LogP contribution in [0.2, 0.25) is 0 Å². The van der Waals surface area contributed by atoms with Crippen molar-refractivity contribution in [1.82, 2.24) is 0 Å². The van der Waals surface area contributed by atoms with E-state index in [0.29, 0.717) is 6.61 Å². The Morgan fingerprint density at radius 1 is 1.20 bits per heavy atom. The zero-order valence-electron chi connectivity index (χ0n) is 8.70. The molecule has 0 aliphatic carbocycles. The van der Waals surface area contributed by atoms with Crippen molar-refractivity contribution in [2.75, 3.05) is 13.7 Å². The van der Waals surface area contributed by atoms with E-state index in [1.54, 1.807) is 6.92 Å². The van der Waals surface area contributed by atoms with Crippen LogP contribution in [0.1, 0.15) is 6.92 Å². The van der Waals surface area contributed by atoms with Gasteiger partial charge in [0.2, 0.25) is 0 Å². The third kappa shape index (κ3) is 2.01. The van der Waals surface area contributed by atoms with Crippen molar-refractivity contribution >= 4 is 0 Å². The quantitative estimate of drug-likeness (QED) is 0.544. The lowest BCUT2D eigenvalue weighted by molar-refractivity contribution is -0.352. The highest BCUT2D eigenvalue weighted by Gasteiger charge is 2.48. The van der Waals surface area contributed by atoms with Crippen molar-refractivity contribution in [3.05, 3.63) is 0 Å². The zero-order valence-corrected chi connectivity index (χ0v) is 8.70. The second kappa shape index (κ2) is 4.32. The molecule has 2 rings (SSSR count). The molecule has 0 spiro atoms. The molecule has 6 nitrogen and oxygen atoms in total. The minimum Gasteiger partial charge on any atom is -0.387 e. The molecule has 2 aliphatic heterocycles. The molecule has 0 bridgehead atoms. The first kappa shape index (κ1) is 11.3. The fourth-order valence-electron chi connectivity index (χ4n) is 1.89. The van der Waals surface area contributed by atoms with Crippen LogP contribution in [0.4, 0.5) is 0 Å². The van der Waals surface area contributed by atoms with Gasteiger partial charge in [0.15, 0.2) is 12.6 Å². The highest BCUT2D eigenvalue weighted by Crippen LogP contribution is 2.28. The summed E-state index contributed by atoms with van der Waals surface area (Å²) in [7, 11) is 1.41. The first-order valence-corrected chi connectivity index (χ1v) is 4.95. The van der Waals surface area contributed by atoms with Crippen LogP contribution >= 0.6 is 0 Å². The summed E-state index contributed by atoms with van der Waals surface area (Å²) in [5.41, 5.74) is 0. The number of aliphatic hydroxyl groups excluding tert-OH is 2. The Morgan fingerprint density at radius 2 is 1.93 bits per heavy atom. The molecule has 2 aliphatic rings. The van der Waals surface area contributed by atoms with E-state index >= 15 is 0 Å². The van der Waals surface area contributed by atoms with E-state index in [-0.39, 0.29) is 0 Å². The van der Waals surface area contributed by atoms with Crippen molar-refractivity contribution in [3.63, 3.8) is 0 Å². The molecule has 0 amide bonds. The van der Waals surface area contributed by atoms with Crippen LogP contribution in [0.5, 0.6) is 0 Å². The molecule has 0 aromatic carbocycles. The highest BCUT2D eigenvalue weighted by atomic mass is 16.8. The molecule has 0 unspecified atom stereocenters. The Labute approximate surface area is 87.7 Å². The number of ether oxygens (including phenoxy) is 4. The maximum absolute atomic E-state index is 9.80. The minimum atomic E-state index is -1.10. The third-order valence-corrected chi connectivity index (χ3v) is 2.72. The summed E-state index contributed by atoms with van der Waals surface area (Å²) in [6, 6.07) is 0. The van der Waals surface area contributed by atoms with E-state index < -0.39 is 37.0 Å². The van der Waals surface area contributed by atoms with Crippen molar-refractivity contribution in [2.45, 2.75) is 43.9 Å². The fraction of sp³-hybridized carbons (Fsp3) is 1.00. The molecule has 2 fully saturated rings. The largest absolute Gasteiger partial charge is 0.387 e. The number of hydrogen-bond donors (Lipinski definition) is 2. The van der Waals surface area contributed by atoms with E-state index in [0.717, 1.165) is 0 Å². The molecule has 2 N–H and O–H groups in total. The SMILES string of the molecule is CO[C@@H]1O[C@@H]2CO[C@H](C)O[C@H]2[13C@H](O)[C@H]1O. The van der Waals surface area contributed by atoms with Crippen molar-refractivity contribution in [3.8, 4) is 0 Å². The molecule has 6 heteroatoms. The number of methoxy groups -OCH3 is 1. The first-order valence-electron chi connectivity index (χ1n) is 4.95. The van der Waals surface area contributed by atoms with E-state index in [2.05, 4.69) is 0 Å². The van der Waals surface area contributed by atoms with Crippen LogP contribution in [-0.2, 0) is 18.9 Å². The predicted octanol–water partition coefficient (Wildman–Crippen LogP) is -1.16. The average Bonchev–Trinajstić information content (AvgIpc) is 2.24. The van der Waals surface area contributed by atoms with Gasteiger partial charge in [0.25, 0.3) is 0 Å². The molecule has 0 saturated carbocycles. The number of rotatable bonds is 1. The summed E-state index contributed by atoms with van der Waals surface area (Å²) in [6.45, 7) is 2.06. The van der Waals surface area contributed by atoms with Gasteiger partial charge in [-0.1, -0.05) is 0 Å². The van der Waals surface area contributed by atoms with Gasteiger partial charge < -0.3 is 29.2 Å². The van der Waals surface area contributed by atoms with Crippen molar-refractivity contribution in [2.24, 2.45) is 0 Å². The van der Waals surface area contributed by atoms with Crippen LogP contribution in [0.15, 0.2) is 0 Å². The predicted molar refractivity (Wildman–Crippen MR) is 48.0 cm³/mol. The summed E-state index contributed by atoms with van der Waals surface area (Å²) < 4.78 is 20.9. The Bertz CT molecular complexity index is 221. The molecule has 0 aromatic heterocycles. The topological polar surface area (TPSA) is 77.4 Å². The molecule has 6 atom stereocenters. The Kier molecular flexibility index (Phi) is 3.24. The Balaban J connectivity index is 2.07. The second-order valence-corrected chi connectivity index (χ2v) is 3.76. The zero-order chi connectivity index (χ0) is 11.0. The lowest BCUT2D eigenvalue weighted by Crippen LogP contribution is -2.62. The van der Waals surface area contributed by atoms with E-state index in [9.17, 15) is 10.2 Å². The van der Waals surface area contributed by atoms with Gasteiger partial charge >= 0.3 is 0 Å². The number of aliphatic hydroxyl groups is 2. The van der Waals surface area contributed by atoms with Gasteiger partial charge in [-0.15, -0.1) is 0 Å². The van der Waals surface area contributed by atoms with Crippen LogP contribution in [0.3, 0.4) is 0 Å². The molecular formula is C9H16O6. The lowest BCUT2D eigenvalue weighted by Gasteiger charge is -2.45. The average molecular weight is 221 g/mol. The standard InChI is InChI=1S/C9H16O6/c1-4-13-3-5-8(14-4)6(10)7(11)9(12-2)15-5/h4-11H,3H2,1-2H3/t4-,5+,6+,7+,8+,9+/m0/s1/i6+1. The lowest BCUT2D eigenvalue weighted by atomic mass is 10.1. The molecule has 2 heterocycles. The van der Waals surface area contributed by atoms with Gasteiger partial charge in [-0.25, -0.2) is 0 Å². The summed E-state index contributed by atoms with van der Waals surface area (Å²) >= 11 is 0. The van der Waals surface area contributed by atoms with Crippen LogP contribution < -0.4 is 0 Å². The van der Waals surface area contributed by atoms with Crippen LogP contribution in [-0.4, -0.2) is 60.9 Å². The normalized spacial score (nSPS) is 51.2. The third-order valence-electron chi connectivity index (χ3n) is 2.72. The summed E-state index contributed by atoms with van der Waals surface area (Å²) in [5.74, 6) is 0. The van der Waals surface area contributed by atoms with Gasteiger partial charge in [-0.2, -0.15) is 0 Å². The molecule has 0 radical (unpaired) electrons. The van der Waals surface area contributed by atoms with E-state index in [4.69, 9.17) is 18.9 Å². The summed E-state index contributed by atoms with van der Waals surface area (Å²) in [6.07, 6.45) is -4.29. The smallest absolute Gasteiger partial charge is 0.186 e. The number of fused-ring (bicyclic) bond motifs is 1. The van der Waals surface area contributed by atoms with Gasteiger partial charge in [0, 0.05) is 7.11 Å². The number of hydrogen-bond acceptors (Lipinski definition) is 6. The Morgan fingerprint density at radius 3 is 2.60 bits per heavy atom. The van der Waals surface area contributed by atoms with Gasteiger partial charge in [-0.3, -0.25) is 0 Å². The molecule has 88 valence electrons. The maximum Gasteiger partial charge on any atom is 0.186 e. The van der Waals surface area contributed by atoms with Gasteiger partial charge in [0.1, 0.15) is 24.4 Å². The summed E-state index contributed by atoms with van der Waals surface area (Å²) in [4.78, 5) is 0. The van der Waals surface area contributed by atoms with Gasteiger partial charge in [-0.05, 0) is 6.92 Å². The van der Waals surface area contributed by atoms with E-state index in [1.165, 1.54) is 7.11 Å². The molecule has 2 saturated heterocycles. The highest BCUT2D eigenvalue weighted by molar-refractivity contribution is 4.91.